The molecule has 1 unspecified atom stereocenters. The molecule has 1 atom stereocenters. The fourth-order valence-corrected chi connectivity index (χ4v) is 2.97. The lowest BCUT2D eigenvalue weighted by atomic mass is 10.1. The van der Waals surface area contributed by atoms with Gasteiger partial charge in [-0.2, -0.15) is 0 Å². The maximum absolute atomic E-state index is 6.50. The van der Waals surface area contributed by atoms with Crippen molar-refractivity contribution in [2.45, 2.75) is 31.8 Å². The summed E-state index contributed by atoms with van der Waals surface area (Å²) >= 11 is 0. The Morgan fingerprint density at radius 3 is 2.62 bits per heavy atom. The number of aryl methyl sites for hydroxylation is 1. The molecule has 1 aliphatic rings. The Morgan fingerprint density at radius 1 is 1.14 bits per heavy atom. The van der Waals surface area contributed by atoms with Crippen molar-refractivity contribution in [2.24, 2.45) is 5.73 Å². The molecule has 21 heavy (non-hydrogen) atoms. The van der Waals surface area contributed by atoms with E-state index in [1.807, 2.05) is 18.2 Å². The molecule has 0 bridgehead atoms. The largest absolute Gasteiger partial charge is 0.323 e. The Hall–Kier alpha value is -2.13. The molecule has 1 fully saturated rings. The monoisotopic (exact) mass is 277 g/mol. The van der Waals surface area contributed by atoms with Crippen LogP contribution in [0.5, 0.6) is 0 Å². The summed E-state index contributed by atoms with van der Waals surface area (Å²) in [4.78, 5) is 4.85. The lowest BCUT2D eigenvalue weighted by molar-refractivity contribution is 0.659. The van der Waals surface area contributed by atoms with Crippen molar-refractivity contribution >= 4 is 11.0 Å². The summed E-state index contributed by atoms with van der Waals surface area (Å²) in [5.41, 5.74) is 11.1. The van der Waals surface area contributed by atoms with Gasteiger partial charge in [-0.3, -0.25) is 0 Å². The smallest absolute Gasteiger partial charge is 0.131 e. The van der Waals surface area contributed by atoms with Crippen LogP contribution in [0.4, 0.5) is 0 Å². The molecule has 1 aromatic heterocycles. The van der Waals surface area contributed by atoms with Gasteiger partial charge in [-0.1, -0.05) is 36.4 Å². The van der Waals surface area contributed by atoms with E-state index in [4.69, 9.17) is 10.7 Å². The first-order valence-electron chi connectivity index (χ1n) is 7.53. The van der Waals surface area contributed by atoms with Crippen molar-refractivity contribution in [2.75, 3.05) is 0 Å². The third-order valence-corrected chi connectivity index (χ3v) is 4.22. The zero-order valence-corrected chi connectivity index (χ0v) is 12.2. The molecule has 1 aliphatic carbocycles. The number of nitrogens with zero attached hydrogens (tertiary/aromatic N) is 2. The zero-order valence-electron chi connectivity index (χ0n) is 12.2. The molecule has 0 saturated heterocycles. The third kappa shape index (κ3) is 2.14. The molecule has 2 N–H and O–H groups in total. The number of hydrogen-bond donors (Lipinski definition) is 1. The van der Waals surface area contributed by atoms with Crippen LogP contribution in [0.25, 0.3) is 11.0 Å². The van der Waals surface area contributed by atoms with Gasteiger partial charge in [0.25, 0.3) is 0 Å². The molecule has 1 saturated carbocycles. The lowest BCUT2D eigenvalue weighted by Gasteiger charge is -2.14. The van der Waals surface area contributed by atoms with Gasteiger partial charge in [-0.25, -0.2) is 4.98 Å². The van der Waals surface area contributed by atoms with E-state index < -0.39 is 0 Å². The summed E-state index contributed by atoms with van der Waals surface area (Å²) in [6.45, 7) is 2.10. The number of nitrogens with two attached hydrogens (primary N) is 1. The summed E-state index contributed by atoms with van der Waals surface area (Å²) in [5.74, 6) is 0.990. The Kier molecular flexibility index (Phi) is 2.82. The number of imidazole rings is 1. The molecule has 3 nitrogen and oxygen atoms in total. The van der Waals surface area contributed by atoms with Crippen LogP contribution in [-0.4, -0.2) is 9.55 Å². The van der Waals surface area contributed by atoms with Gasteiger partial charge in [0, 0.05) is 6.04 Å². The average Bonchev–Trinajstić information content (AvgIpc) is 3.28. The number of aromatic nitrogens is 2. The van der Waals surface area contributed by atoms with E-state index >= 15 is 0 Å². The second-order valence-corrected chi connectivity index (χ2v) is 5.95. The summed E-state index contributed by atoms with van der Waals surface area (Å²) in [5, 5.41) is 0. The number of benzene rings is 2. The summed E-state index contributed by atoms with van der Waals surface area (Å²) in [6, 6.07) is 17.1. The van der Waals surface area contributed by atoms with Crippen molar-refractivity contribution in [3.05, 3.63) is 65.5 Å². The van der Waals surface area contributed by atoms with Gasteiger partial charge in [0.2, 0.25) is 0 Å². The van der Waals surface area contributed by atoms with Crippen LogP contribution in [0.3, 0.4) is 0 Å². The van der Waals surface area contributed by atoms with E-state index in [-0.39, 0.29) is 6.04 Å². The van der Waals surface area contributed by atoms with E-state index in [1.165, 1.54) is 23.9 Å². The van der Waals surface area contributed by atoms with Crippen LogP contribution in [0.1, 0.15) is 41.9 Å². The predicted molar refractivity (Wildman–Crippen MR) is 85.2 cm³/mol. The molecule has 0 spiro atoms. The van der Waals surface area contributed by atoms with E-state index in [0.717, 1.165) is 16.9 Å². The minimum atomic E-state index is -0.167. The average molecular weight is 277 g/mol. The van der Waals surface area contributed by atoms with Crippen LogP contribution in [0.2, 0.25) is 0 Å². The Labute approximate surface area is 124 Å². The van der Waals surface area contributed by atoms with Crippen LogP contribution in [-0.2, 0) is 0 Å². The normalized spacial score (nSPS) is 16.3. The quantitative estimate of drug-likeness (QED) is 0.792. The summed E-state index contributed by atoms with van der Waals surface area (Å²) in [7, 11) is 0. The van der Waals surface area contributed by atoms with E-state index in [1.54, 1.807) is 0 Å². The van der Waals surface area contributed by atoms with Crippen molar-refractivity contribution in [3.63, 3.8) is 0 Å². The number of hydrogen-bond acceptors (Lipinski definition) is 2. The third-order valence-electron chi connectivity index (χ3n) is 4.22. The molecule has 0 amide bonds. The van der Waals surface area contributed by atoms with Gasteiger partial charge in [0.05, 0.1) is 17.1 Å². The fourth-order valence-electron chi connectivity index (χ4n) is 2.97. The highest BCUT2D eigenvalue weighted by atomic mass is 15.1. The molecule has 1 heterocycles. The first-order chi connectivity index (χ1) is 10.2. The first-order valence-corrected chi connectivity index (χ1v) is 7.53. The molecule has 0 radical (unpaired) electrons. The molecular formula is C18H19N3. The summed E-state index contributed by atoms with van der Waals surface area (Å²) < 4.78 is 2.35. The standard InChI is InChI=1S/C18H19N3/c1-12-7-10-16-15(11-12)20-18(21(16)14-8-9-14)17(19)13-5-3-2-4-6-13/h2-7,10-11,14,17H,8-9,19H2,1H3. The van der Waals surface area contributed by atoms with E-state index in [9.17, 15) is 0 Å². The maximum atomic E-state index is 6.50. The second-order valence-electron chi connectivity index (χ2n) is 5.95. The van der Waals surface area contributed by atoms with Gasteiger partial charge in [-0.05, 0) is 43.0 Å². The Morgan fingerprint density at radius 2 is 1.90 bits per heavy atom. The highest BCUT2D eigenvalue weighted by Gasteiger charge is 2.30. The van der Waals surface area contributed by atoms with E-state index in [0.29, 0.717) is 6.04 Å². The second kappa shape index (κ2) is 4.71. The number of rotatable bonds is 3. The maximum Gasteiger partial charge on any atom is 0.131 e. The van der Waals surface area contributed by atoms with Gasteiger partial charge in [0.1, 0.15) is 5.82 Å². The van der Waals surface area contributed by atoms with Crippen molar-refractivity contribution < 1.29 is 0 Å². The topological polar surface area (TPSA) is 43.8 Å². The zero-order chi connectivity index (χ0) is 14.4. The molecule has 4 rings (SSSR count). The molecule has 3 aromatic rings. The molecule has 106 valence electrons. The highest BCUT2D eigenvalue weighted by Crippen LogP contribution is 2.40. The minimum absolute atomic E-state index is 0.167. The van der Waals surface area contributed by atoms with Crippen LogP contribution < -0.4 is 5.73 Å². The van der Waals surface area contributed by atoms with Gasteiger partial charge >= 0.3 is 0 Å². The highest BCUT2D eigenvalue weighted by molar-refractivity contribution is 5.77. The molecule has 0 aliphatic heterocycles. The number of fused-ring (bicyclic) bond motifs is 1. The van der Waals surface area contributed by atoms with E-state index in [2.05, 4.69) is 41.8 Å². The Balaban J connectivity index is 1.89. The minimum Gasteiger partial charge on any atom is -0.323 e. The van der Waals surface area contributed by atoms with Crippen molar-refractivity contribution in [1.29, 1.82) is 0 Å². The van der Waals surface area contributed by atoms with Gasteiger partial charge < -0.3 is 10.3 Å². The molecule has 3 heteroatoms. The Bertz CT molecular complexity index is 785. The van der Waals surface area contributed by atoms with Crippen LogP contribution >= 0.6 is 0 Å². The predicted octanol–water partition coefficient (Wildman–Crippen LogP) is 3.73. The first kappa shape index (κ1) is 12.6. The fraction of sp³-hybridized carbons (Fsp3) is 0.278. The van der Waals surface area contributed by atoms with Crippen LogP contribution in [0, 0.1) is 6.92 Å². The lowest BCUT2D eigenvalue weighted by Crippen LogP contribution is -2.17. The van der Waals surface area contributed by atoms with Gasteiger partial charge in [0.15, 0.2) is 0 Å². The van der Waals surface area contributed by atoms with Crippen LogP contribution in [0.15, 0.2) is 48.5 Å². The molecule has 2 aromatic carbocycles. The van der Waals surface area contributed by atoms with Gasteiger partial charge in [-0.15, -0.1) is 0 Å². The van der Waals surface area contributed by atoms with Crippen molar-refractivity contribution in [1.82, 2.24) is 9.55 Å². The summed E-state index contributed by atoms with van der Waals surface area (Å²) in [6.07, 6.45) is 2.46. The SMILES string of the molecule is Cc1ccc2c(c1)nc(C(N)c1ccccc1)n2C1CC1. The van der Waals surface area contributed by atoms with Crippen molar-refractivity contribution in [3.8, 4) is 0 Å². The molecular weight excluding hydrogens is 258 g/mol.